The van der Waals surface area contributed by atoms with Crippen LogP contribution in [-0.4, -0.2) is 95.0 Å². The molecule has 0 radical (unpaired) electrons. The van der Waals surface area contributed by atoms with E-state index in [1.165, 1.54) is 6.07 Å². The van der Waals surface area contributed by atoms with Crippen LogP contribution < -0.4 is 0 Å². The third-order valence-corrected chi connectivity index (χ3v) is 6.52. The van der Waals surface area contributed by atoms with Crippen molar-refractivity contribution in [1.29, 1.82) is 0 Å². The van der Waals surface area contributed by atoms with Crippen LogP contribution >= 0.6 is 0 Å². The first kappa shape index (κ1) is 26.2. The summed E-state index contributed by atoms with van der Waals surface area (Å²) in [5.74, 6) is 0.0250. The van der Waals surface area contributed by atoms with E-state index in [0.717, 1.165) is 23.6 Å². The third-order valence-electron chi connectivity index (χ3n) is 4.81. The Morgan fingerprint density at radius 2 is 1.48 bits per heavy atom. The molecule has 0 bridgehead atoms. The SMILES string of the molecule is O=S(=O)(O)c1ccc2c(c1)cc(S(=O)(=O)O)c1oc(-c3ccc4ccccc4n3)nc12.[NaH].[NaH]. The van der Waals surface area contributed by atoms with Crippen molar-refractivity contribution in [2.24, 2.45) is 0 Å². The van der Waals surface area contributed by atoms with Gasteiger partial charge >= 0.3 is 59.1 Å². The molecule has 13 heteroatoms. The minimum absolute atomic E-state index is 0. The average Bonchev–Trinajstić information content (AvgIpc) is 3.16. The predicted octanol–water partition coefficient (Wildman–Crippen LogP) is 2.39. The van der Waals surface area contributed by atoms with E-state index < -0.39 is 30.0 Å². The van der Waals surface area contributed by atoms with Crippen molar-refractivity contribution in [3.63, 3.8) is 0 Å². The van der Waals surface area contributed by atoms with Crippen LogP contribution in [-0.2, 0) is 20.2 Å². The summed E-state index contributed by atoms with van der Waals surface area (Å²) >= 11 is 0. The van der Waals surface area contributed by atoms with Gasteiger partial charge in [0.1, 0.15) is 16.1 Å². The Bertz CT molecular complexity index is 1750. The zero-order valence-electron chi connectivity index (χ0n) is 15.4. The Morgan fingerprint density at radius 3 is 2.18 bits per heavy atom. The van der Waals surface area contributed by atoms with Gasteiger partial charge in [-0.3, -0.25) is 9.11 Å². The summed E-state index contributed by atoms with van der Waals surface area (Å²) in [5, 5.41) is 1.39. The molecule has 33 heavy (non-hydrogen) atoms. The maximum atomic E-state index is 12.0. The fraction of sp³-hybridized carbons (Fsp3) is 0. The fourth-order valence-corrected chi connectivity index (χ4v) is 4.56. The molecular weight excluding hydrogens is 490 g/mol. The van der Waals surface area contributed by atoms with Crippen LogP contribution in [0.25, 0.3) is 44.4 Å². The van der Waals surface area contributed by atoms with Gasteiger partial charge in [-0.05, 0) is 35.7 Å². The molecule has 0 amide bonds. The molecule has 0 fully saturated rings. The summed E-state index contributed by atoms with van der Waals surface area (Å²) in [5.41, 5.74) is 0.926. The van der Waals surface area contributed by atoms with E-state index in [1.54, 1.807) is 12.1 Å². The van der Waals surface area contributed by atoms with Gasteiger partial charge in [0.25, 0.3) is 20.2 Å². The van der Waals surface area contributed by atoms with Gasteiger partial charge in [-0.1, -0.05) is 30.3 Å². The molecule has 0 unspecified atom stereocenters. The van der Waals surface area contributed by atoms with Crippen LogP contribution in [0.15, 0.2) is 74.9 Å². The monoisotopic (exact) mass is 504 g/mol. The van der Waals surface area contributed by atoms with Gasteiger partial charge in [0, 0.05) is 10.8 Å². The van der Waals surface area contributed by atoms with Crippen molar-refractivity contribution in [1.82, 2.24) is 9.97 Å². The van der Waals surface area contributed by atoms with Gasteiger partial charge in [0.15, 0.2) is 5.58 Å². The van der Waals surface area contributed by atoms with E-state index in [0.29, 0.717) is 16.6 Å². The minimum atomic E-state index is -4.74. The molecule has 0 saturated heterocycles. The first-order valence-corrected chi connectivity index (χ1v) is 11.7. The molecule has 0 spiro atoms. The maximum absolute atomic E-state index is 12.0. The fourth-order valence-electron chi connectivity index (χ4n) is 3.40. The van der Waals surface area contributed by atoms with Crippen molar-refractivity contribution in [2.75, 3.05) is 0 Å². The molecule has 3 aromatic carbocycles. The first-order valence-electron chi connectivity index (χ1n) is 8.80. The number of oxazole rings is 1. The van der Waals surface area contributed by atoms with Crippen LogP contribution in [0.1, 0.15) is 0 Å². The predicted molar refractivity (Wildman–Crippen MR) is 126 cm³/mol. The molecule has 2 heterocycles. The van der Waals surface area contributed by atoms with Crippen molar-refractivity contribution in [2.45, 2.75) is 9.79 Å². The summed E-state index contributed by atoms with van der Waals surface area (Å²) in [7, 11) is -9.26. The second-order valence-electron chi connectivity index (χ2n) is 6.79. The number of hydrogen-bond donors (Lipinski definition) is 2. The zero-order valence-corrected chi connectivity index (χ0v) is 17.1. The number of para-hydroxylation sites is 1. The zero-order chi connectivity index (χ0) is 22.0. The van der Waals surface area contributed by atoms with E-state index in [2.05, 4.69) is 9.97 Å². The van der Waals surface area contributed by atoms with Gasteiger partial charge in [-0.25, -0.2) is 9.97 Å². The number of fused-ring (bicyclic) bond motifs is 4. The number of aromatic nitrogens is 2. The summed E-state index contributed by atoms with van der Waals surface area (Å²) in [6.45, 7) is 0. The molecule has 0 atom stereocenters. The number of rotatable bonds is 3. The number of nitrogens with zero attached hydrogens (tertiary/aromatic N) is 2. The van der Waals surface area contributed by atoms with Crippen LogP contribution in [0.4, 0.5) is 0 Å². The van der Waals surface area contributed by atoms with Gasteiger partial charge < -0.3 is 4.42 Å². The van der Waals surface area contributed by atoms with Crippen LogP contribution in [0.5, 0.6) is 0 Å². The van der Waals surface area contributed by atoms with Crippen molar-refractivity contribution >= 4 is 112 Å². The van der Waals surface area contributed by atoms with E-state index in [1.807, 2.05) is 24.3 Å². The summed E-state index contributed by atoms with van der Waals surface area (Å²) in [4.78, 5) is 7.83. The summed E-state index contributed by atoms with van der Waals surface area (Å²) in [6, 6.07) is 15.5. The Hall–Kier alpha value is -1.38. The molecule has 0 aliphatic heterocycles. The number of benzene rings is 3. The Kier molecular flexibility index (Phi) is 7.43. The summed E-state index contributed by atoms with van der Waals surface area (Å²) in [6.07, 6.45) is 0. The van der Waals surface area contributed by atoms with Crippen LogP contribution in [0.3, 0.4) is 0 Å². The second kappa shape index (κ2) is 9.34. The van der Waals surface area contributed by atoms with Crippen molar-refractivity contribution in [3.8, 4) is 11.6 Å². The Morgan fingerprint density at radius 1 is 0.758 bits per heavy atom. The van der Waals surface area contributed by atoms with Gasteiger partial charge in [0.05, 0.1) is 10.4 Å². The molecule has 2 N–H and O–H groups in total. The topological polar surface area (TPSA) is 148 Å². The molecule has 2 aromatic heterocycles. The van der Waals surface area contributed by atoms with E-state index in [-0.39, 0.29) is 81.5 Å². The average molecular weight is 504 g/mol. The van der Waals surface area contributed by atoms with Crippen molar-refractivity contribution < 1.29 is 30.4 Å². The molecule has 9 nitrogen and oxygen atoms in total. The Labute approximate surface area is 232 Å². The molecule has 0 aliphatic rings. The van der Waals surface area contributed by atoms with Gasteiger partial charge in [0.2, 0.25) is 5.89 Å². The van der Waals surface area contributed by atoms with E-state index in [9.17, 15) is 25.9 Å². The van der Waals surface area contributed by atoms with E-state index >= 15 is 0 Å². The van der Waals surface area contributed by atoms with Crippen LogP contribution in [0, 0.1) is 0 Å². The van der Waals surface area contributed by atoms with E-state index in [4.69, 9.17) is 4.42 Å². The molecule has 5 rings (SSSR count). The van der Waals surface area contributed by atoms with Crippen LogP contribution in [0.2, 0.25) is 0 Å². The first-order chi connectivity index (χ1) is 14.6. The Balaban J connectivity index is 0.00000153. The third kappa shape index (κ3) is 4.89. The molecular formula is C20H14N2Na2O7S2. The normalized spacial score (nSPS) is 11.9. The van der Waals surface area contributed by atoms with Crippen molar-refractivity contribution in [3.05, 3.63) is 60.7 Å². The number of pyridine rings is 1. The summed E-state index contributed by atoms with van der Waals surface area (Å²) < 4.78 is 71.6. The molecule has 0 saturated carbocycles. The molecule has 160 valence electrons. The molecule has 5 aromatic rings. The molecule has 0 aliphatic carbocycles. The number of hydrogen-bond acceptors (Lipinski definition) is 7. The van der Waals surface area contributed by atoms with Gasteiger partial charge in [-0.2, -0.15) is 16.8 Å². The second-order valence-corrected chi connectivity index (χ2v) is 9.61. The quantitative estimate of drug-likeness (QED) is 0.279. The standard InChI is InChI=1S/C20H12N2O7S2.2Na.2H/c23-30(24,25)13-6-7-14-12(9-13)10-17(31(26,27)28)19-18(14)22-20(29-19)16-8-5-11-3-1-2-4-15(11)21-16;;;;/h1-10H,(H,23,24,25)(H,26,27,28);;;;. The van der Waals surface area contributed by atoms with Gasteiger partial charge in [-0.15, -0.1) is 0 Å².